The largest absolute Gasteiger partial charge is 0.496 e. The molecule has 1 heterocycles. The predicted molar refractivity (Wildman–Crippen MR) is 92.5 cm³/mol. The summed E-state index contributed by atoms with van der Waals surface area (Å²) < 4.78 is 6.47. The zero-order valence-electron chi connectivity index (χ0n) is 11.7. The van der Waals surface area contributed by atoms with Gasteiger partial charge in [0.05, 0.1) is 7.11 Å². The third-order valence-corrected chi connectivity index (χ3v) is 3.94. The average Bonchev–Trinajstić information content (AvgIpc) is 2.40. The minimum absolute atomic E-state index is 0. The van der Waals surface area contributed by atoms with Crippen LogP contribution in [0.5, 0.6) is 5.75 Å². The van der Waals surface area contributed by atoms with Gasteiger partial charge in [0.25, 0.3) is 0 Å². The average molecular weight is 386 g/mol. The number of hydrogen-bond acceptors (Lipinski definition) is 3. The van der Waals surface area contributed by atoms with Crippen molar-refractivity contribution < 1.29 is 4.74 Å². The van der Waals surface area contributed by atoms with Gasteiger partial charge in [-0.3, -0.25) is 0 Å². The van der Waals surface area contributed by atoms with Crippen molar-refractivity contribution in [3.05, 3.63) is 28.2 Å². The Bertz CT molecular complexity index is 387. The van der Waals surface area contributed by atoms with Crippen molar-refractivity contribution in [2.75, 3.05) is 26.7 Å². The first-order chi connectivity index (χ1) is 8.79. The molecule has 0 unspecified atom stereocenters. The molecule has 1 aromatic rings. The van der Waals surface area contributed by atoms with Crippen molar-refractivity contribution >= 4 is 40.7 Å². The van der Waals surface area contributed by atoms with E-state index in [9.17, 15) is 0 Å². The van der Waals surface area contributed by atoms with Crippen LogP contribution in [0.25, 0.3) is 0 Å². The second-order valence-corrected chi connectivity index (χ2v) is 5.70. The van der Waals surface area contributed by atoms with E-state index in [-0.39, 0.29) is 24.8 Å². The smallest absolute Gasteiger partial charge is 0.123 e. The van der Waals surface area contributed by atoms with Gasteiger partial charge in [0.1, 0.15) is 5.75 Å². The van der Waals surface area contributed by atoms with Crippen LogP contribution in [0.2, 0.25) is 0 Å². The van der Waals surface area contributed by atoms with E-state index in [0.717, 1.165) is 42.3 Å². The second kappa shape index (κ2) is 10.7. The Morgan fingerprint density at radius 2 is 2.00 bits per heavy atom. The van der Waals surface area contributed by atoms with E-state index in [0.29, 0.717) is 0 Å². The first-order valence-corrected chi connectivity index (χ1v) is 7.32. The summed E-state index contributed by atoms with van der Waals surface area (Å²) in [5.74, 6) is 1.76. The van der Waals surface area contributed by atoms with Gasteiger partial charge in [0, 0.05) is 16.6 Å². The number of methoxy groups -OCH3 is 1. The fourth-order valence-electron chi connectivity index (χ4n) is 2.38. The minimum Gasteiger partial charge on any atom is -0.496 e. The number of rotatable bonds is 5. The number of piperidine rings is 1. The Morgan fingerprint density at radius 3 is 2.65 bits per heavy atom. The van der Waals surface area contributed by atoms with Gasteiger partial charge in [0.15, 0.2) is 0 Å². The maximum Gasteiger partial charge on any atom is 0.123 e. The Hall–Kier alpha value is -0.000000000000000222. The molecule has 0 saturated carbocycles. The third-order valence-electron chi connectivity index (χ3n) is 3.45. The molecule has 2 rings (SSSR count). The fraction of sp³-hybridized carbons (Fsp3) is 0.571. The normalized spacial score (nSPS) is 15.1. The lowest BCUT2D eigenvalue weighted by Gasteiger charge is -2.23. The molecule has 0 aliphatic carbocycles. The predicted octanol–water partition coefficient (Wildman–Crippen LogP) is 3.39. The van der Waals surface area contributed by atoms with Crippen LogP contribution in [0, 0.1) is 5.92 Å². The Morgan fingerprint density at radius 1 is 1.30 bits per heavy atom. The molecule has 116 valence electrons. The first-order valence-electron chi connectivity index (χ1n) is 6.53. The molecule has 1 aliphatic heterocycles. The molecule has 0 aromatic heterocycles. The SMILES string of the molecule is COc1ccc(Br)cc1CNCC1CCNCC1.Cl.Cl. The summed E-state index contributed by atoms with van der Waals surface area (Å²) in [5.41, 5.74) is 1.21. The molecule has 0 atom stereocenters. The summed E-state index contributed by atoms with van der Waals surface area (Å²) >= 11 is 3.50. The van der Waals surface area contributed by atoms with Gasteiger partial charge < -0.3 is 15.4 Å². The molecule has 0 amide bonds. The van der Waals surface area contributed by atoms with Gasteiger partial charge in [-0.2, -0.15) is 0 Å². The zero-order chi connectivity index (χ0) is 12.8. The van der Waals surface area contributed by atoms with Crippen LogP contribution >= 0.6 is 40.7 Å². The maximum absolute atomic E-state index is 5.37. The Labute approximate surface area is 142 Å². The lowest BCUT2D eigenvalue weighted by atomic mass is 9.98. The summed E-state index contributed by atoms with van der Waals surface area (Å²) in [7, 11) is 1.72. The molecule has 6 heteroatoms. The topological polar surface area (TPSA) is 33.3 Å². The van der Waals surface area contributed by atoms with E-state index < -0.39 is 0 Å². The molecule has 0 spiro atoms. The van der Waals surface area contributed by atoms with Gasteiger partial charge in [0.2, 0.25) is 0 Å². The number of nitrogens with one attached hydrogen (secondary N) is 2. The third kappa shape index (κ3) is 6.19. The van der Waals surface area contributed by atoms with Crippen LogP contribution in [0.3, 0.4) is 0 Å². The van der Waals surface area contributed by atoms with Gasteiger partial charge in [-0.25, -0.2) is 0 Å². The zero-order valence-corrected chi connectivity index (χ0v) is 14.9. The quantitative estimate of drug-likeness (QED) is 0.814. The van der Waals surface area contributed by atoms with Gasteiger partial charge >= 0.3 is 0 Å². The van der Waals surface area contributed by atoms with Crippen molar-refractivity contribution in [3.8, 4) is 5.75 Å². The second-order valence-electron chi connectivity index (χ2n) is 4.78. The van der Waals surface area contributed by atoms with Crippen LogP contribution in [-0.2, 0) is 6.54 Å². The molecule has 1 aliphatic rings. The summed E-state index contributed by atoms with van der Waals surface area (Å²) in [6.07, 6.45) is 2.56. The standard InChI is InChI=1S/C14H21BrN2O.2ClH/c1-18-14-3-2-13(15)8-12(14)10-17-9-11-4-6-16-7-5-11;;/h2-3,8,11,16-17H,4-7,9-10H2,1H3;2*1H. The van der Waals surface area contributed by atoms with Crippen molar-refractivity contribution in [1.82, 2.24) is 10.6 Å². The first kappa shape index (κ1) is 20.0. The summed E-state index contributed by atoms with van der Waals surface area (Å²) in [4.78, 5) is 0. The molecule has 0 bridgehead atoms. The van der Waals surface area contributed by atoms with E-state index in [1.807, 2.05) is 12.1 Å². The van der Waals surface area contributed by atoms with Crippen LogP contribution in [0.4, 0.5) is 0 Å². The van der Waals surface area contributed by atoms with Gasteiger partial charge in [-0.05, 0) is 56.6 Å². The number of benzene rings is 1. The van der Waals surface area contributed by atoms with E-state index in [1.54, 1.807) is 7.11 Å². The van der Waals surface area contributed by atoms with Crippen LogP contribution in [0.1, 0.15) is 18.4 Å². The van der Waals surface area contributed by atoms with Crippen LogP contribution in [0.15, 0.2) is 22.7 Å². The highest BCUT2D eigenvalue weighted by Gasteiger charge is 2.12. The lowest BCUT2D eigenvalue weighted by Crippen LogP contribution is -2.33. The van der Waals surface area contributed by atoms with Crippen molar-refractivity contribution in [2.45, 2.75) is 19.4 Å². The molecule has 1 fully saturated rings. The van der Waals surface area contributed by atoms with Crippen molar-refractivity contribution in [1.29, 1.82) is 0 Å². The van der Waals surface area contributed by atoms with Crippen LogP contribution < -0.4 is 15.4 Å². The molecule has 1 aromatic carbocycles. The maximum atomic E-state index is 5.37. The van der Waals surface area contributed by atoms with E-state index in [1.165, 1.54) is 18.4 Å². The fourth-order valence-corrected chi connectivity index (χ4v) is 2.79. The summed E-state index contributed by atoms with van der Waals surface area (Å²) in [6.45, 7) is 4.28. The van der Waals surface area contributed by atoms with E-state index in [4.69, 9.17) is 4.74 Å². The molecule has 2 N–H and O–H groups in total. The summed E-state index contributed by atoms with van der Waals surface area (Å²) in [6, 6.07) is 6.13. The van der Waals surface area contributed by atoms with Gasteiger partial charge in [-0.15, -0.1) is 24.8 Å². The Balaban J connectivity index is 0.00000180. The van der Waals surface area contributed by atoms with Crippen molar-refractivity contribution in [2.24, 2.45) is 5.92 Å². The van der Waals surface area contributed by atoms with Gasteiger partial charge in [-0.1, -0.05) is 15.9 Å². The number of ether oxygens (including phenoxy) is 1. The highest BCUT2D eigenvalue weighted by Crippen LogP contribution is 2.22. The molecule has 3 nitrogen and oxygen atoms in total. The number of hydrogen-bond donors (Lipinski definition) is 2. The molecule has 1 saturated heterocycles. The number of halogens is 3. The molecular weight excluding hydrogens is 363 g/mol. The van der Waals surface area contributed by atoms with Crippen molar-refractivity contribution in [3.63, 3.8) is 0 Å². The highest BCUT2D eigenvalue weighted by molar-refractivity contribution is 9.10. The molecule has 0 radical (unpaired) electrons. The monoisotopic (exact) mass is 384 g/mol. The van der Waals surface area contributed by atoms with E-state index >= 15 is 0 Å². The van der Waals surface area contributed by atoms with E-state index in [2.05, 4.69) is 32.6 Å². The molecular formula is C14H23BrCl2N2O. The highest BCUT2D eigenvalue weighted by atomic mass is 79.9. The lowest BCUT2D eigenvalue weighted by molar-refractivity contribution is 0.354. The summed E-state index contributed by atoms with van der Waals surface area (Å²) in [5, 5.41) is 6.94. The van der Waals surface area contributed by atoms with Crippen LogP contribution in [-0.4, -0.2) is 26.7 Å². The Kier molecular flexibility index (Phi) is 10.7. The molecule has 20 heavy (non-hydrogen) atoms. The minimum atomic E-state index is 0.